The molecule has 0 N–H and O–H groups in total. The summed E-state index contributed by atoms with van der Waals surface area (Å²) in [5.74, 6) is 1.79. The highest BCUT2D eigenvalue weighted by atomic mass is 16.5. The second-order valence-electron chi connectivity index (χ2n) is 7.91. The summed E-state index contributed by atoms with van der Waals surface area (Å²) in [6.45, 7) is 8.26. The Hall–Kier alpha value is -3.06. The number of benzene rings is 1. The highest BCUT2D eigenvalue weighted by molar-refractivity contribution is 5.91. The van der Waals surface area contributed by atoms with Gasteiger partial charge in [0.05, 0.1) is 6.20 Å². The minimum atomic E-state index is -0.0611. The molecule has 3 aromatic rings. The van der Waals surface area contributed by atoms with Crippen LogP contribution in [-0.2, 0) is 20.2 Å². The first-order valence-corrected chi connectivity index (χ1v) is 10.3. The highest BCUT2D eigenvalue weighted by Crippen LogP contribution is 2.21. The summed E-state index contributed by atoms with van der Waals surface area (Å²) in [5, 5.41) is 4.21. The van der Waals surface area contributed by atoms with Crippen LogP contribution in [0.25, 0.3) is 0 Å². The fourth-order valence-corrected chi connectivity index (χ4v) is 3.66. The molecule has 4 rings (SSSR count). The number of piperazine rings is 1. The summed E-state index contributed by atoms with van der Waals surface area (Å²) < 4.78 is 13.5. The smallest absolute Gasteiger partial charge is 0.289 e. The minimum absolute atomic E-state index is 0.0611. The zero-order valence-electron chi connectivity index (χ0n) is 17.8. The van der Waals surface area contributed by atoms with Crippen molar-refractivity contribution < 1.29 is 13.9 Å². The Morgan fingerprint density at radius 1 is 1.13 bits per heavy atom. The number of hydrogen-bond acceptors (Lipinski definition) is 5. The summed E-state index contributed by atoms with van der Waals surface area (Å²) >= 11 is 0. The van der Waals surface area contributed by atoms with Crippen LogP contribution in [0.3, 0.4) is 0 Å². The molecule has 1 saturated heterocycles. The van der Waals surface area contributed by atoms with Crippen molar-refractivity contribution in [2.45, 2.75) is 27.0 Å². The largest absolute Gasteiger partial charge is 0.485 e. The number of rotatable bonds is 6. The van der Waals surface area contributed by atoms with E-state index in [1.165, 1.54) is 5.56 Å². The Labute approximate surface area is 176 Å². The van der Waals surface area contributed by atoms with Gasteiger partial charge in [-0.2, -0.15) is 5.10 Å². The van der Waals surface area contributed by atoms with Gasteiger partial charge < -0.3 is 14.1 Å². The van der Waals surface area contributed by atoms with Crippen LogP contribution < -0.4 is 4.74 Å². The molecule has 7 nitrogen and oxygen atoms in total. The first kappa shape index (κ1) is 20.2. The fraction of sp³-hybridized carbons (Fsp3) is 0.391. The Bertz CT molecular complexity index is 1020. The lowest BCUT2D eigenvalue weighted by Crippen LogP contribution is -2.48. The number of nitrogens with zero attached hydrogens (tertiary/aromatic N) is 4. The summed E-state index contributed by atoms with van der Waals surface area (Å²) in [6.07, 6.45) is 3.92. The molecule has 0 radical (unpaired) electrons. The molecule has 3 heterocycles. The van der Waals surface area contributed by atoms with Crippen LogP contribution in [0, 0.1) is 13.8 Å². The lowest BCUT2D eigenvalue weighted by molar-refractivity contribution is 0.0594. The SMILES string of the molecule is Cc1ccc(C)c(OCc2ccc(C(=O)N3CCN(Cc4cnn(C)c4)CC3)o2)c1. The lowest BCUT2D eigenvalue weighted by Gasteiger charge is -2.34. The molecule has 0 saturated carbocycles. The Kier molecular flexibility index (Phi) is 5.90. The third kappa shape index (κ3) is 4.74. The topological polar surface area (TPSA) is 63.7 Å². The maximum atomic E-state index is 12.8. The maximum Gasteiger partial charge on any atom is 0.289 e. The molecule has 1 aliphatic rings. The molecule has 1 aliphatic heterocycles. The lowest BCUT2D eigenvalue weighted by atomic mass is 10.1. The van der Waals surface area contributed by atoms with Gasteiger partial charge in [-0.25, -0.2) is 0 Å². The molecule has 0 unspecified atom stereocenters. The van der Waals surface area contributed by atoms with Crippen LogP contribution in [0.2, 0.25) is 0 Å². The van der Waals surface area contributed by atoms with Crippen molar-refractivity contribution >= 4 is 5.91 Å². The molecule has 0 spiro atoms. The maximum absolute atomic E-state index is 12.8. The normalized spacial score (nSPS) is 14.8. The summed E-state index contributed by atoms with van der Waals surface area (Å²) in [4.78, 5) is 17.0. The predicted molar refractivity (Wildman–Crippen MR) is 113 cm³/mol. The molecule has 7 heteroatoms. The second kappa shape index (κ2) is 8.75. The van der Waals surface area contributed by atoms with Gasteiger partial charge in [-0.3, -0.25) is 14.4 Å². The number of aryl methyl sites for hydroxylation is 3. The number of carbonyl (C=O) groups excluding carboxylic acids is 1. The Morgan fingerprint density at radius 3 is 2.67 bits per heavy atom. The summed E-state index contributed by atoms with van der Waals surface area (Å²) in [6, 6.07) is 9.66. The van der Waals surface area contributed by atoms with E-state index in [0.717, 1.165) is 36.5 Å². The van der Waals surface area contributed by atoms with Gasteiger partial charge in [-0.05, 0) is 43.2 Å². The van der Waals surface area contributed by atoms with Crippen molar-refractivity contribution in [1.29, 1.82) is 0 Å². The standard InChI is InChI=1S/C23H28N4O3/c1-17-4-5-18(2)22(12-17)29-16-20-6-7-21(30-20)23(28)27-10-8-26(9-11-27)15-19-13-24-25(3)14-19/h4-7,12-14H,8-11,15-16H2,1-3H3. The van der Waals surface area contributed by atoms with E-state index in [1.54, 1.807) is 6.07 Å². The molecule has 1 aromatic carbocycles. The molecular weight excluding hydrogens is 380 g/mol. The van der Waals surface area contributed by atoms with E-state index in [1.807, 2.05) is 61.1 Å². The van der Waals surface area contributed by atoms with Crippen molar-refractivity contribution in [3.05, 3.63) is 70.9 Å². The van der Waals surface area contributed by atoms with Crippen molar-refractivity contribution in [3.8, 4) is 5.75 Å². The van der Waals surface area contributed by atoms with E-state index in [9.17, 15) is 4.79 Å². The third-order valence-electron chi connectivity index (χ3n) is 5.41. The molecule has 158 valence electrons. The van der Waals surface area contributed by atoms with Crippen LogP contribution in [-0.4, -0.2) is 51.7 Å². The van der Waals surface area contributed by atoms with Gasteiger partial charge in [0.15, 0.2) is 5.76 Å². The number of carbonyl (C=O) groups is 1. The zero-order chi connectivity index (χ0) is 21.1. The van der Waals surface area contributed by atoms with E-state index in [-0.39, 0.29) is 5.91 Å². The number of amides is 1. The van der Waals surface area contributed by atoms with Crippen molar-refractivity contribution in [2.24, 2.45) is 7.05 Å². The molecule has 1 amide bonds. The van der Waals surface area contributed by atoms with Gasteiger partial charge in [-0.15, -0.1) is 0 Å². The average molecular weight is 409 g/mol. The monoisotopic (exact) mass is 408 g/mol. The molecule has 1 fully saturated rings. The van der Waals surface area contributed by atoms with Gasteiger partial charge in [0.2, 0.25) is 0 Å². The van der Waals surface area contributed by atoms with Crippen molar-refractivity contribution in [1.82, 2.24) is 19.6 Å². The first-order chi connectivity index (χ1) is 14.5. The predicted octanol–water partition coefficient (Wildman–Crippen LogP) is 3.17. The van der Waals surface area contributed by atoms with Crippen LogP contribution in [0.4, 0.5) is 0 Å². The molecule has 2 aromatic heterocycles. The number of aromatic nitrogens is 2. The van der Waals surface area contributed by atoms with Gasteiger partial charge in [0.25, 0.3) is 5.91 Å². The van der Waals surface area contributed by atoms with E-state index in [2.05, 4.69) is 16.1 Å². The first-order valence-electron chi connectivity index (χ1n) is 10.3. The third-order valence-corrected chi connectivity index (χ3v) is 5.41. The van der Waals surface area contributed by atoms with E-state index >= 15 is 0 Å². The molecule has 0 atom stereocenters. The summed E-state index contributed by atoms with van der Waals surface area (Å²) in [7, 11) is 1.92. The average Bonchev–Trinajstić information content (AvgIpc) is 3.38. The van der Waals surface area contributed by atoms with Gasteiger partial charge >= 0.3 is 0 Å². The molecular formula is C23H28N4O3. The number of ether oxygens (including phenoxy) is 1. The van der Waals surface area contributed by atoms with E-state index in [0.29, 0.717) is 31.2 Å². The molecule has 0 bridgehead atoms. The van der Waals surface area contributed by atoms with Crippen LogP contribution >= 0.6 is 0 Å². The minimum Gasteiger partial charge on any atom is -0.485 e. The van der Waals surface area contributed by atoms with Crippen molar-refractivity contribution in [2.75, 3.05) is 26.2 Å². The van der Waals surface area contributed by atoms with E-state index < -0.39 is 0 Å². The Balaban J connectivity index is 1.29. The van der Waals surface area contributed by atoms with Gasteiger partial charge in [-0.1, -0.05) is 12.1 Å². The zero-order valence-corrected chi connectivity index (χ0v) is 17.8. The summed E-state index contributed by atoms with van der Waals surface area (Å²) in [5.41, 5.74) is 3.41. The molecule has 0 aliphatic carbocycles. The van der Waals surface area contributed by atoms with Gasteiger partial charge in [0, 0.05) is 51.5 Å². The van der Waals surface area contributed by atoms with Crippen LogP contribution in [0.5, 0.6) is 5.75 Å². The van der Waals surface area contributed by atoms with E-state index in [4.69, 9.17) is 9.15 Å². The molecule has 30 heavy (non-hydrogen) atoms. The fourth-order valence-electron chi connectivity index (χ4n) is 3.66. The van der Waals surface area contributed by atoms with Crippen molar-refractivity contribution in [3.63, 3.8) is 0 Å². The quantitative estimate of drug-likeness (QED) is 0.627. The van der Waals surface area contributed by atoms with Crippen LogP contribution in [0.15, 0.2) is 47.1 Å². The highest BCUT2D eigenvalue weighted by Gasteiger charge is 2.24. The Morgan fingerprint density at radius 2 is 1.93 bits per heavy atom. The van der Waals surface area contributed by atoms with Crippen LogP contribution in [0.1, 0.15) is 33.0 Å². The second-order valence-corrected chi connectivity index (χ2v) is 7.91. The number of furan rings is 1. The number of hydrogen-bond donors (Lipinski definition) is 0. The van der Waals surface area contributed by atoms with Gasteiger partial charge in [0.1, 0.15) is 18.1 Å².